The highest BCUT2D eigenvalue weighted by molar-refractivity contribution is 5.92. The number of aryl methyl sites for hydroxylation is 1. The van der Waals surface area contributed by atoms with E-state index in [1.807, 2.05) is 30.3 Å². The normalized spacial score (nSPS) is 23.3. The van der Waals surface area contributed by atoms with Gasteiger partial charge in [0.1, 0.15) is 0 Å². The van der Waals surface area contributed by atoms with Crippen molar-refractivity contribution in [2.24, 2.45) is 0 Å². The van der Waals surface area contributed by atoms with E-state index >= 15 is 0 Å². The van der Waals surface area contributed by atoms with Crippen LogP contribution in [-0.2, 0) is 25.5 Å². The van der Waals surface area contributed by atoms with Crippen LogP contribution in [0.25, 0.3) is 0 Å². The fraction of sp³-hybridized carbons (Fsp3) is 0.529. The largest absolute Gasteiger partial charge is 0.346 e. The maximum atomic E-state index is 12.5. The van der Waals surface area contributed by atoms with Gasteiger partial charge in [0.25, 0.3) is 5.91 Å². The minimum absolute atomic E-state index is 0.102. The number of carbonyl (C=O) groups is 2. The zero-order valence-electron chi connectivity index (χ0n) is 13.5. The van der Waals surface area contributed by atoms with E-state index in [-0.39, 0.29) is 11.7 Å². The number of benzene rings is 1. The molecule has 0 N–H and O–H groups in total. The Hall–Kier alpha value is -1.72. The van der Waals surface area contributed by atoms with Crippen molar-refractivity contribution < 1.29 is 19.1 Å². The van der Waals surface area contributed by atoms with E-state index in [1.54, 1.807) is 27.9 Å². The van der Waals surface area contributed by atoms with Gasteiger partial charge >= 0.3 is 0 Å². The van der Waals surface area contributed by atoms with Crippen LogP contribution in [0.2, 0.25) is 0 Å². The molecule has 5 nitrogen and oxygen atoms in total. The number of likely N-dealkylation sites (N-methyl/N-ethyl adjacent to an activating group) is 1. The van der Waals surface area contributed by atoms with E-state index in [4.69, 9.17) is 9.47 Å². The molecule has 1 aliphatic rings. The Balaban J connectivity index is 2.04. The molecule has 22 heavy (non-hydrogen) atoms. The molecule has 1 saturated heterocycles. The Morgan fingerprint density at radius 3 is 2.27 bits per heavy atom. The molecule has 120 valence electrons. The molecule has 0 unspecified atom stereocenters. The molecule has 1 fully saturated rings. The van der Waals surface area contributed by atoms with E-state index in [1.165, 1.54) is 4.90 Å². The third-order valence-corrected chi connectivity index (χ3v) is 3.60. The third-order valence-electron chi connectivity index (χ3n) is 3.60. The van der Waals surface area contributed by atoms with Crippen LogP contribution in [0.3, 0.4) is 0 Å². The molecule has 2 atom stereocenters. The van der Waals surface area contributed by atoms with Crippen molar-refractivity contribution >= 4 is 11.7 Å². The molecular weight excluding hydrogens is 282 g/mol. The number of hydrogen-bond acceptors (Lipinski definition) is 4. The van der Waals surface area contributed by atoms with Gasteiger partial charge in [0.05, 0.1) is 0 Å². The van der Waals surface area contributed by atoms with Gasteiger partial charge in [-0.25, -0.2) is 0 Å². The summed E-state index contributed by atoms with van der Waals surface area (Å²) in [6.45, 7) is 3.43. The predicted octanol–water partition coefficient (Wildman–Crippen LogP) is 1.80. The minimum Gasteiger partial charge on any atom is -0.346 e. The second kappa shape index (κ2) is 6.58. The molecule has 0 spiro atoms. The standard InChI is InChI=1S/C17H23NO4/c1-17(2)21-14(15(22-17)16(20)18(3)4)13(19)11-10-12-8-6-5-7-9-12/h5-9,14-15H,10-11H2,1-4H3/t14-,15+/m0/s1. The molecule has 1 amide bonds. The molecular formula is C17H23NO4. The Morgan fingerprint density at radius 1 is 1.09 bits per heavy atom. The molecule has 5 heteroatoms. The lowest BCUT2D eigenvalue weighted by atomic mass is 10.0. The van der Waals surface area contributed by atoms with E-state index in [0.29, 0.717) is 12.8 Å². The van der Waals surface area contributed by atoms with Crippen LogP contribution in [0.1, 0.15) is 25.8 Å². The number of ether oxygens (including phenoxy) is 2. The molecule has 2 rings (SSSR count). The van der Waals surface area contributed by atoms with Gasteiger partial charge in [0.2, 0.25) is 0 Å². The van der Waals surface area contributed by atoms with Crippen molar-refractivity contribution in [3.8, 4) is 0 Å². The lowest BCUT2D eigenvalue weighted by Gasteiger charge is -2.19. The first-order chi connectivity index (χ1) is 10.3. The average molecular weight is 305 g/mol. The maximum absolute atomic E-state index is 12.5. The molecule has 1 aromatic carbocycles. The van der Waals surface area contributed by atoms with Crippen LogP contribution in [0, 0.1) is 0 Å². The van der Waals surface area contributed by atoms with Crippen LogP contribution >= 0.6 is 0 Å². The van der Waals surface area contributed by atoms with Crippen LogP contribution < -0.4 is 0 Å². The first-order valence-corrected chi connectivity index (χ1v) is 7.43. The summed E-state index contributed by atoms with van der Waals surface area (Å²) >= 11 is 0. The molecule has 1 heterocycles. The first-order valence-electron chi connectivity index (χ1n) is 7.43. The summed E-state index contributed by atoms with van der Waals surface area (Å²) in [6.07, 6.45) is -0.754. The summed E-state index contributed by atoms with van der Waals surface area (Å²) < 4.78 is 11.3. The zero-order chi connectivity index (χ0) is 16.3. The third kappa shape index (κ3) is 3.93. The second-order valence-corrected chi connectivity index (χ2v) is 6.16. The molecule has 1 aromatic rings. The average Bonchev–Trinajstić information content (AvgIpc) is 2.81. The number of amides is 1. The number of rotatable bonds is 5. The quantitative estimate of drug-likeness (QED) is 0.832. The van der Waals surface area contributed by atoms with Gasteiger partial charge in [-0.1, -0.05) is 30.3 Å². The predicted molar refractivity (Wildman–Crippen MR) is 82.3 cm³/mol. The van der Waals surface area contributed by atoms with Crippen molar-refractivity contribution in [3.05, 3.63) is 35.9 Å². The van der Waals surface area contributed by atoms with Gasteiger partial charge in [-0.15, -0.1) is 0 Å². The van der Waals surface area contributed by atoms with Crippen molar-refractivity contribution in [1.29, 1.82) is 0 Å². The van der Waals surface area contributed by atoms with Crippen molar-refractivity contribution in [3.63, 3.8) is 0 Å². The van der Waals surface area contributed by atoms with Crippen LogP contribution in [0.4, 0.5) is 0 Å². The Bertz CT molecular complexity index is 539. The summed E-state index contributed by atoms with van der Waals surface area (Å²) in [5.41, 5.74) is 1.09. The summed E-state index contributed by atoms with van der Waals surface area (Å²) in [5, 5.41) is 0. The highest BCUT2D eigenvalue weighted by atomic mass is 16.8. The first kappa shape index (κ1) is 16.6. The van der Waals surface area contributed by atoms with Gasteiger partial charge in [-0.05, 0) is 25.8 Å². The highest BCUT2D eigenvalue weighted by Gasteiger charge is 2.48. The van der Waals surface area contributed by atoms with E-state index in [2.05, 4.69) is 0 Å². The second-order valence-electron chi connectivity index (χ2n) is 6.16. The van der Waals surface area contributed by atoms with Crippen LogP contribution in [0.15, 0.2) is 30.3 Å². The van der Waals surface area contributed by atoms with Crippen molar-refractivity contribution in [1.82, 2.24) is 4.90 Å². The summed E-state index contributed by atoms with van der Waals surface area (Å²) in [6, 6.07) is 9.78. The molecule has 0 radical (unpaired) electrons. The molecule has 1 aliphatic heterocycles. The molecule has 0 aromatic heterocycles. The zero-order valence-corrected chi connectivity index (χ0v) is 13.5. The van der Waals surface area contributed by atoms with Gasteiger partial charge < -0.3 is 14.4 Å². The monoisotopic (exact) mass is 305 g/mol. The molecule has 0 aliphatic carbocycles. The summed E-state index contributed by atoms with van der Waals surface area (Å²) in [7, 11) is 3.28. The topological polar surface area (TPSA) is 55.8 Å². The molecule has 0 bridgehead atoms. The van der Waals surface area contributed by atoms with Gasteiger partial charge in [0, 0.05) is 20.5 Å². The summed E-state index contributed by atoms with van der Waals surface area (Å²) in [5.74, 6) is -1.28. The van der Waals surface area contributed by atoms with E-state index in [0.717, 1.165) is 5.56 Å². The van der Waals surface area contributed by atoms with Crippen molar-refractivity contribution in [2.75, 3.05) is 14.1 Å². The smallest absolute Gasteiger partial charge is 0.254 e. The highest BCUT2D eigenvalue weighted by Crippen LogP contribution is 2.30. The number of nitrogens with zero attached hydrogens (tertiary/aromatic N) is 1. The SMILES string of the molecule is CN(C)C(=O)[C@@H]1OC(C)(C)O[C@H]1C(=O)CCc1ccccc1. The number of hydrogen-bond donors (Lipinski definition) is 0. The fourth-order valence-corrected chi connectivity index (χ4v) is 2.49. The number of Topliss-reactive ketones (excluding diaryl/α,β-unsaturated/α-hetero) is 1. The minimum atomic E-state index is -0.927. The van der Waals surface area contributed by atoms with Gasteiger partial charge in [-0.2, -0.15) is 0 Å². The lowest BCUT2D eigenvalue weighted by Crippen LogP contribution is -2.43. The maximum Gasteiger partial charge on any atom is 0.254 e. The van der Waals surface area contributed by atoms with Gasteiger partial charge in [0.15, 0.2) is 23.8 Å². The van der Waals surface area contributed by atoms with Crippen LogP contribution in [0.5, 0.6) is 0 Å². The Kier molecular flexibility index (Phi) is 4.98. The number of ketones is 1. The Morgan fingerprint density at radius 2 is 1.68 bits per heavy atom. The number of carbonyl (C=O) groups excluding carboxylic acids is 2. The molecule has 0 saturated carbocycles. The van der Waals surface area contributed by atoms with E-state index in [9.17, 15) is 9.59 Å². The fourth-order valence-electron chi connectivity index (χ4n) is 2.49. The summed E-state index contributed by atoms with van der Waals surface area (Å²) in [4.78, 5) is 26.1. The lowest BCUT2D eigenvalue weighted by molar-refractivity contribution is -0.161. The van der Waals surface area contributed by atoms with E-state index < -0.39 is 18.0 Å². The Labute approximate surface area is 131 Å². The van der Waals surface area contributed by atoms with Crippen molar-refractivity contribution in [2.45, 2.75) is 44.7 Å². The van der Waals surface area contributed by atoms with Gasteiger partial charge in [-0.3, -0.25) is 9.59 Å². The van der Waals surface area contributed by atoms with Crippen LogP contribution in [-0.4, -0.2) is 48.7 Å².